The Labute approximate surface area is 139 Å². The number of aromatic nitrogens is 2. The van der Waals surface area contributed by atoms with E-state index < -0.39 is 0 Å². The third-order valence-corrected chi connectivity index (χ3v) is 5.11. The number of imidazole rings is 1. The molecule has 2 heterocycles. The number of benzene rings is 1. The summed E-state index contributed by atoms with van der Waals surface area (Å²) in [6.45, 7) is 3.01. The van der Waals surface area contributed by atoms with Crippen LogP contribution in [0.15, 0.2) is 34.9 Å². The van der Waals surface area contributed by atoms with Gasteiger partial charge in [0.05, 0.1) is 6.04 Å². The van der Waals surface area contributed by atoms with E-state index in [0.717, 1.165) is 35.2 Å². The van der Waals surface area contributed by atoms with E-state index in [1.54, 1.807) is 4.90 Å². The van der Waals surface area contributed by atoms with E-state index >= 15 is 0 Å². The lowest BCUT2D eigenvalue weighted by molar-refractivity contribution is 0.0736. The molecule has 0 radical (unpaired) electrons. The number of hydrogen-bond donors (Lipinski definition) is 0. The van der Waals surface area contributed by atoms with Gasteiger partial charge in [0.2, 0.25) is 0 Å². The molecule has 5 heteroatoms. The van der Waals surface area contributed by atoms with Gasteiger partial charge in [0.1, 0.15) is 11.5 Å². The first-order chi connectivity index (χ1) is 10.6. The van der Waals surface area contributed by atoms with Crippen molar-refractivity contribution in [1.82, 2.24) is 14.5 Å². The number of carbonyl (C=O) groups excluding carboxylic acids is 1. The zero-order valence-corrected chi connectivity index (χ0v) is 14.5. The van der Waals surface area contributed by atoms with E-state index in [4.69, 9.17) is 0 Å². The Morgan fingerprint density at radius 2 is 2.14 bits per heavy atom. The predicted octanol–water partition coefficient (Wildman–Crippen LogP) is 3.82. The van der Waals surface area contributed by atoms with Gasteiger partial charge < -0.3 is 9.47 Å². The second-order valence-corrected chi connectivity index (χ2v) is 6.66. The van der Waals surface area contributed by atoms with E-state index in [9.17, 15) is 4.79 Å². The molecule has 0 spiro atoms. The molecule has 0 saturated carbocycles. The van der Waals surface area contributed by atoms with Gasteiger partial charge in [-0.3, -0.25) is 4.79 Å². The molecule has 1 aromatic heterocycles. The van der Waals surface area contributed by atoms with Crippen LogP contribution < -0.4 is 0 Å². The number of carbonyl (C=O) groups is 1. The quantitative estimate of drug-likeness (QED) is 0.833. The average Bonchev–Trinajstić information content (AvgIpc) is 2.97. The topological polar surface area (TPSA) is 38.1 Å². The van der Waals surface area contributed by atoms with Gasteiger partial charge in [-0.15, -0.1) is 0 Å². The van der Waals surface area contributed by atoms with Crippen LogP contribution in [0.4, 0.5) is 0 Å². The fraction of sp³-hybridized carbons (Fsp3) is 0.412. The van der Waals surface area contributed by atoms with Crippen molar-refractivity contribution in [2.75, 3.05) is 7.05 Å². The summed E-state index contributed by atoms with van der Waals surface area (Å²) < 4.78 is 3.14. The van der Waals surface area contributed by atoms with Crippen LogP contribution in [-0.2, 0) is 13.0 Å². The third kappa shape index (κ3) is 2.82. The Morgan fingerprint density at radius 3 is 2.86 bits per heavy atom. The number of halogens is 1. The van der Waals surface area contributed by atoms with Crippen LogP contribution in [-0.4, -0.2) is 27.4 Å². The molecule has 1 unspecified atom stereocenters. The van der Waals surface area contributed by atoms with Crippen molar-refractivity contribution < 1.29 is 4.79 Å². The lowest BCUT2D eigenvalue weighted by Gasteiger charge is -2.25. The summed E-state index contributed by atoms with van der Waals surface area (Å²) in [5, 5.41) is 0. The van der Waals surface area contributed by atoms with Crippen LogP contribution >= 0.6 is 15.9 Å². The number of amides is 1. The molecule has 0 fully saturated rings. The molecule has 1 aliphatic heterocycles. The maximum absolute atomic E-state index is 12.7. The fourth-order valence-corrected chi connectivity index (χ4v) is 3.51. The minimum absolute atomic E-state index is 0.0122. The molecule has 116 valence electrons. The normalized spacial score (nSPS) is 15.2. The minimum Gasteiger partial charge on any atom is -0.334 e. The molecule has 2 aromatic rings. The molecule has 22 heavy (non-hydrogen) atoms. The minimum atomic E-state index is -0.0230. The molecule has 0 aliphatic carbocycles. The summed E-state index contributed by atoms with van der Waals surface area (Å²) in [6.07, 6.45) is 5.20. The standard InChI is InChI=1S/C17H20BrN3O/c1-12(13-7-3-4-8-14(13)18)20(2)17(22)15-11-21-10-6-5-9-16(21)19-15/h3-4,7-8,11-12H,5-6,9-10H2,1-2H3. The number of nitrogens with zero attached hydrogens (tertiary/aromatic N) is 3. The molecule has 1 amide bonds. The highest BCUT2D eigenvalue weighted by Crippen LogP contribution is 2.27. The zero-order chi connectivity index (χ0) is 15.7. The van der Waals surface area contributed by atoms with E-state index in [0.29, 0.717) is 5.69 Å². The van der Waals surface area contributed by atoms with Crippen molar-refractivity contribution >= 4 is 21.8 Å². The van der Waals surface area contributed by atoms with Crippen LogP contribution in [0.1, 0.15) is 47.7 Å². The van der Waals surface area contributed by atoms with Crippen molar-refractivity contribution in [3.63, 3.8) is 0 Å². The number of fused-ring (bicyclic) bond motifs is 1. The SMILES string of the molecule is CC(c1ccccc1Br)N(C)C(=O)c1cn2c(n1)CCCC2. The Kier molecular flexibility index (Phi) is 4.34. The van der Waals surface area contributed by atoms with Crippen LogP contribution in [0.3, 0.4) is 0 Å². The highest BCUT2D eigenvalue weighted by Gasteiger charge is 2.24. The van der Waals surface area contributed by atoms with Crippen LogP contribution in [0, 0.1) is 0 Å². The van der Waals surface area contributed by atoms with Gasteiger partial charge in [-0.25, -0.2) is 4.98 Å². The molecule has 1 aromatic carbocycles. The second-order valence-electron chi connectivity index (χ2n) is 5.81. The Hall–Kier alpha value is -1.62. The maximum Gasteiger partial charge on any atom is 0.274 e. The van der Waals surface area contributed by atoms with Gasteiger partial charge in [-0.2, -0.15) is 0 Å². The highest BCUT2D eigenvalue weighted by molar-refractivity contribution is 9.10. The van der Waals surface area contributed by atoms with E-state index in [-0.39, 0.29) is 11.9 Å². The molecule has 1 atom stereocenters. The summed E-state index contributed by atoms with van der Waals surface area (Å²) in [4.78, 5) is 19.0. The Morgan fingerprint density at radius 1 is 1.36 bits per heavy atom. The van der Waals surface area contributed by atoms with E-state index in [1.165, 1.54) is 6.42 Å². The van der Waals surface area contributed by atoms with Crippen LogP contribution in [0.5, 0.6) is 0 Å². The third-order valence-electron chi connectivity index (χ3n) is 4.38. The number of aryl methyl sites for hydroxylation is 2. The Bertz CT molecular complexity index is 671. The highest BCUT2D eigenvalue weighted by atomic mass is 79.9. The molecular formula is C17H20BrN3O. The summed E-state index contributed by atoms with van der Waals surface area (Å²) in [5.74, 6) is 1.02. The Balaban J connectivity index is 1.82. The average molecular weight is 362 g/mol. The largest absolute Gasteiger partial charge is 0.334 e. The van der Waals surface area contributed by atoms with Crippen LogP contribution in [0.2, 0.25) is 0 Å². The first-order valence-electron chi connectivity index (χ1n) is 7.65. The molecule has 3 rings (SSSR count). The first kappa shape index (κ1) is 15.3. The fourth-order valence-electron chi connectivity index (χ4n) is 2.89. The molecular weight excluding hydrogens is 342 g/mol. The first-order valence-corrected chi connectivity index (χ1v) is 8.45. The van der Waals surface area contributed by atoms with Gasteiger partial charge in [-0.05, 0) is 31.4 Å². The molecule has 0 saturated heterocycles. The van der Waals surface area contributed by atoms with Crippen molar-refractivity contribution in [2.24, 2.45) is 0 Å². The summed E-state index contributed by atoms with van der Waals surface area (Å²) in [7, 11) is 1.84. The van der Waals surface area contributed by atoms with Crippen molar-refractivity contribution in [3.8, 4) is 0 Å². The van der Waals surface area contributed by atoms with Gasteiger partial charge in [0.25, 0.3) is 5.91 Å². The van der Waals surface area contributed by atoms with Gasteiger partial charge in [0.15, 0.2) is 0 Å². The molecule has 0 N–H and O–H groups in total. The van der Waals surface area contributed by atoms with Gasteiger partial charge >= 0.3 is 0 Å². The molecule has 1 aliphatic rings. The van der Waals surface area contributed by atoms with E-state index in [2.05, 4.69) is 25.5 Å². The van der Waals surface area contributed by atoms with Gasteiger partial charge in [0, 0.05) is 30.7 Å². The molecule has 4 nitrogen and oxygen atoms in total. The number of hydrogen-bond acceptors (Lipinski definition) is 2. The monoisotopic (exact) mass is 361 g/mol. The lowest BCUT2D eigenvalue weighted by Crippen LogP contribution is -2.30. The smallest absolute Gasteiger partial charge is 0.274 e. The van der Waals surface area contributed by atoms with Crippen molar-refractivity contribution in [3.05, 3.63) is 52.0 Å². The summed E-state index contributed by atoms with van der Waals surface area (Å²) in [6, 6.07) is 7.99. The zero-order valence-electron chi connectivity index (χ0n) is 12.9. The predicted molar refractivity (Wildman–Crippen MR) is 89.8 cm³/mol. The lowest BCUT2D eigenvalue weighted by atomic mass is 10.1. The second kappa shape index (κ2) is 6.24. The van der Waals surface area contributed by atoms with Crippen molar-refractivity contribution in [2.45, 2.75) is 38.8 Å². The number of rotatable bonds is 3. The van der Waals surface area contributed by atoms with Crippen LogP contribution in [0.25, 0.3) is 0 Å². The van der Waals surface area contributed by atoms with E-state index in [1.807, 2.05) is 44.4 Å². The summed E-state index contributed by atoms with van der Waals surface area (Å²) in [5.41, 5.74) is 1.65. The maximum atomic E-state index is 12.7. The summed E-state index contributed by atoms with van der Waals surface area (Å²) >= 11 is 3.56. The van der Waals surface area contributed by atoms with Gasteiger partial charge in [-0.1, -0.05) is 34.1 Å². The van der Waals surface area contributed by atoms with Crippen molar-refractivity contribution in [1.29, 1.82) is 0 Å². The molecule has 0 bridgehead atoms.